The second-order valence-electron chi connectivity index (χ2n) is 3.15. The van der Waals surface area contributed by atoms with Gasteiger partial charge in [0.1, 0.15) is 5.82 Å². The van der Waals surface area contributed by atoms with Crippen LogP contribution in [0.3, 0.4) is 0 Å². The van der Waals surface area contributed by atoms with Crippen LogP contribution >= 0.6 is 0 Å². The predicted molar refractivity (Wildman–Crippen MR) is 52.7 cm³/mol. The molecule has 1 atom stereocenters. The van der Waals surface area contributed by atoms with Gasteiger partial charge in [0.05, 0.1) is 18.4 Å². The van der Waals surface area contributed by atoms with Crippen molar-refractivity contribution in [1.29, 1.82) is 0 Å². The summed E-state index contributed by atoms with van der Waals surface area (Å²) in [6, 6.07) is 4.99. The molecule has 0 fully saturated rings. The number of hydrogen-bond acceptors (Lipinski definition) is 3. The second kappa shape index (κ2) is 4.93. The molecular formula is C10H14FNO2. The van der Waals surface area contributed by atoms with E-state index in [1.165, 1.54) is 0 Å². The number of hydrogen-bond donors (Lipinski definition) is 3. The minimum atomic E-state index is -0.866. The molecule has 78 valence electrons. The number of benzene rings is 1. The Bertz CT molecular complexity index is 304. The third kappa shape index (κ3) is 2.68. The van der Waals surface area contributed by atoms with Crippen molar-refractivity contribution in [3.05, 3.63) is 29.6 Å². The summed E-state index contributed by atoms with van der Waals surface area (Å²) in [5.74, 6) is -0.322. The van der Waals surface area contributed by atoms with E-state index < -0.39 is 6.10 Å². The van der Waals surface area contributed by atoms with Crippen LogP contribution in [0.1, 0.15) is 5.56 Å². The van der Waals surface area contributed by atoms with Gasteiger partial charge >= 0.3 is 0 Å². The summed E-state index contributed by atoms with van der Waals surface area (Å²) < 4.78 is 13.3. The van der Waals surface area contributed by atoms with Crippen molar-refractivity contribution < 1.29 is 14.6 Å². The molecule has 0 aromatic heterocycles. The van der Waals surface area contributed by atoms with E-state index in [2.05, 4.69) is 5.32 Å². The number of halogens is 1. The van der Waals surface area contributed by atoms with Gasteiger partial charge in [0.2, 0.25) is 0 Å². The van der Waals surface area contributed by atoms with Crippen molar-refractivity contribution in [2.45, 2.75) is 13.0 Å². The second-order valence-corrected chi connectivity index (χ2v) is 3.15. The first-order valence-corrected chi connectivity index (χ1v) is 4.43. The molecule has 1 aromatic rings. The lowest BCUT2D eigenvalue weighted by Gasteiger charge is -2.11. The van der Waals surface area contributed by atoms with Crippen molar-refractivity contribution in [3.63, 3.8) is 0 Å². The van der Waals surface area contributed by atoms with Crippen molar-refractivity contribution >= 4 is 5.69 Å². The average Bonchev–Trinajstić information content (AvgIpc) is 2.20. The van der Waals surface area contributed by atoms with Crippen LogP contribution in [0.15, 0.2) is 18.2 Å². The first-order chi connectivity index (χ1) is 6.65. The highest BCUT2D eigenvalue weighted by molar-refractivity contribution is 5.47. The highest BCUT2D eigenvalue weighted by Gasteiger charge is 2.06. The molecule has 3 N–H and O–H groups in total. The third-order valence-electron chi connectivity index (χ3n) is 1.93. The highest BCUT2D eigenvalue weighted by atomic mass is 19.1. The molecule has 0 amide bonds. The Hall–Kier alpha value is -1.13. The fourth-order valence-corrected chi connectivity index (χ4v) is 1.08. The normalized spacial score (nSPS) is 12.6. The monoisotopic (exact) mass is 199 g/mol. The standard InChI is InChI=1S/C10H14FNO2/c1-7-3-2-4-9(10(7)11)12-5-8(14)6-13/h2-4,8,12-14H,5-6H2,1H3. The van der Waals surface area contributed by atoms with Crippen LogP contribution < -0.4 is 5.32 Å². The number of anilines is 1. The molecule has 0 saturated carbocycles. The lowest BCUT2D eigenvalue weighted by molar-refractivity contribution is 0.105. The first kappa shape index (κ1) is 10.9. The van der Waals surface area contributed by atoms with Gasteiger partial charge in [-0.2, -0.15) is 0 Å². The topological polar surface area (TPSA) is 52.5 Å². The Morgan fingerprint density at radius 3 is 2.86 bits per heavy atom. The van der Waals surface area contributed by atoms with Crippen molar-refractivity contribution in [3.8, 4) is 0 Å². The molecule has 0 aliphatic heterocycles. The Balaban J connectivity index is 2.63. The summed E-state index contributed by atoms with van der Waals surface area (Å²) in [4.78, 5) is 0. The summed E-state index contributed by atoms with van der Waals surface area (Å²) in [7, 11) is 0. The van der Waals surface area contributed by atoms with Crippen LogP contribution in [0.2, 0.25) is 0 Å². The van der Waals surface area contributed by atoms with Crippen LogP contribution in [0.5, 0.6) is 0 Å². The average molecular weight is 199 g/mol. The number of nitrogens with one attached hydrogen (secondary N) is 1. The summed E-state index contributed by atoms with van der Waals surface area (Å²) in [6.45, 7) is 1.47. The van der Waals surface area contributed by atoms with Gasteiger partial charge < -0.3 is 15.5 Å². The maximum absolute atomic E-state index is 13.3. The van der Waals surface area contributed by atoms with Gasteiger partial charge in [0.15, 0.2) is 0 Å². The molecule has 0 aliphatic carbocycles. The molecule has 1 unspecified atom stereocenters. The molecule has 0 bridgehead atoms. The Morgan fingerprint density at radius 2 is 2.21 bits per heavy atom. The molecule has 0 aliphatic rings. The molecule has 14 heavy (non-hydrogen) atoms. The summed E-state index contributed by atoms with van der Waals surface area (Å²) in [6.07, 6.45) is -0.866. The van der Waals surface area contributed by atoms with Crippen molar-refractivity contribution in [2.24, 2.45) is 0 Å². The largest absolute Gasteiger partial charge is 0.394 e. The van der Waals surface area contributed by atoms with E-state index in [0.29, 0.717) is 11.3 Å². The van der Waals surface area contributed by atoms with E-state index in [1.807, 2.05) is 0 Å². The Labute approximate surface area is 82.2 Å². The van der Waals surface area contributed by atoms with E-state index in [0.717, 1.165) is 0 Å². The maximum Gasteiger partial charge on any atom is 0.149 e. The van der Waals surface area contributed by atoms with E-state index >= 15 is 0 Å². The van der Waals surface area contributed by atoms with Gasteiger partial charge in [-0.3, -0.25) is 0 Å². The fourth-order valence-electron chi connectivity index (χ4n) is 1.08. The van der Waals surface area contributed by atoms with Gasteiger partial charge in [-0.15, -0.1) is 0 Å². The zero-order valence-electron chi connectivity index (χ0n) is 8.00. The van der Waals surface area contributed by atoms with Crippen molar-refractivity contribution in [1.82, 2.24) is 0 Å². The highest BCUT2D eigenvalue weighted by Crippen LogP contribution is 2.16. The van der Waals surface area contributed by atoms with Gasteiger partial charge in [0, 0.05) is 6.54 Å². The van der Waals surface area contributed by atoms with Gasteiger partial charge in [-0.05, 0) is 18.6 Å². The Morgan fingerprint density at radius 1 is 1.50 bits per heavy atom. The molecule has 3 nitrogen and oxygen atoms in total. The van der Waals surface area contributed by atoms with Crippen LogP contribution in [0.4, 0.5) is 10.1 Å². The molecule has 0 heterocycles. The minimum Gasteiger partial charge on any atom is -0.394 e. The number of rotatable bonds is 4. The minimum absolute atomic E-state index is 0.136. The lowest BCUT2D eigenvalue weighted by Crippen LogP contribution is -2.23. The molecular weight excluding hydrogens is 185 g/mol. The summed E-state index contributed by atoms with van der Waals surface area (Å²) in [5, 5.41) is 20.3. The van der Waals surface area contributed by atoms with E-state index in [-0.39, 0.29) is 19.0 Å². The SMILES string of the molecule is Cc1cccc(NCC(O)CO)c1F. The number of aryl methyl sites for hydroxylation is 1. The molecule has 1 aromatic carbocycles. The molecule has 4 heteroatoms. The van der Waals surface area contributed by atoms with Gasteiger partial charge in [-0.25, -0.2) is 4.39 Å². The molecule has 0 spiro atoms. The maximum atomic E-state index is 13.3. The lowest BCUT2D eigenvalue weighted by atomic mass is 10.2. The van der Waals surface area contributed by atoms with Crippen LogP contribution in [0.25, 0.3) is 0 Å². The van der Waals surface area contributed by atoms with E-state index in [9.17, 15) is 4.39 Å². The first-order valence-electron chi connectivity index (χ1n) is 4.43. The summed E-state index contributed by atoms with van der Waals surface area (Å²) in [5.41, 5.74) is 0.894. The van der Waals surface area contributed by atoms with Gasteiger partial charge in [-0.1, -0.05) is 12.1 Å². The zero-order valence-corrected chi connectivity index (χ0v) is 8.00. The van der Waals surface area contributed by atoms with Crippen LogP contribution in [-0.4, -0.2) is 29.5 Å². The smallest absolute Gasteiger partial charge is 0.149 e. The van der Waals surface area contributed by atoms with Crippen LogP contribution in [0, 0.1) is 12.7 Å². The molecule has 1 rings (SSSR count). The van der Waals surface area contributed by atoms with E-state index in [4.69, 9.17) is 10.2 Å². The summed E-state index contributed by atoms with van der Waals surface area (Å²) >= 11 is 0. The van der Waals surface area contributed by atoms with Crippen LogP contribution in [-0.2, 0) is 0 Å². The van der Waals surface area contributed by atoms with Gasteiger partial charge in [0.25, 0.3) is 0 Å². The van der Waals surface area contributed by atoms with Crippen molar-refractivity contribution in [2.75, 3.05) is 18.5 Å². The zero-order chi connectivity index (χ0) is 10.6. The third-order valence-corrected chi connectivity index (χ3v) is 1.93. The van der Waals surface area contributed by atoms with E-state index in [1.54, 1.807) is 25.1 Å². The molecule has 0 saturated heterocycles. The molecule has 0 radical (unpaired) electrons. The predicted octanol–water partition coefficient (Wildman–Crippen LogP) is 0.899. The Kier molecular flexibility index (Phi) is 3.85. The number of aliphatic hydroxyl groups is 2. The fraction of sp³-hybridized carbons (Fsp3) is 0.400. The quantitative estimate of drug-likeness (QED) is 0.675. The number of aliphatic hydroxyl groups excluding tert-OH is 2.